The topological polar surface area (TPSA) is 92.5 Å². The summed E-state index contributed by atoms with van der Waals surface area (Å²) in [4.78, 5) is 39.7. The molecular weight excluding hydrogens is 342 g/mol. The fourth-order valence-electron chi connectivity index (χ4n) is 3.83. The summed E-state index contributed by atoms with van der Waals surface area (Å²) in [7, 11) is 0. The van der Waals surface area contributed by atoms with Crippen LogP contribution in [-0.2, 0) is 0 Å². The van der Waals surface area contributed by atoms with Crippen LogP contribution in [0.25, 0.3) is 0 Å². The molecule has 3 N–H and O–H groups in total. The summed E-state index contributed by atoms with van der Waals surface area (Å²) in [5.41, 5.74) is 6.41. The molecule has 1 aromatic carbocycles. The summed E-state index contributed by atoms with van der Waals surface area (Å²) in [6.45, 7) is 6.22. The van der Waals surface area contributed by atoms with Gasteiger partial charge in [0.2, 0.25) is 0 Å². The highest BCUT2D eigenvalue weighted by atomic mass is 16.2. The molecule has 1 fully saturated rings. The van der Waals surface area contributed by atoms with Crippen LogP contribution < -0.4 is 11.1 Å². The van der Waals surface area contributed by atoms with Gasteiger partial charge in [0.05, 0.1) is 16.7 Å². The predicted octanol–water partition coefficient (Wildman–Crippen LogP) is 2.72. The monoisotopic (exact) mass is 371 g/mol. The van der Waals surface area contributed by atoms with Gasteiger partial charge in [0.15, 0.2) is 0 Å². The lowest BCUT2D eigenvalue weighted by Crippen LogP contribution is -2.55. The Bertz CT molecular complexity index is 768. The first-order chi connectivity index (χ1) is 12.8. The van der Waals surface area contributed by atoms with E-state index in [9.17, 15) is 14.4 Å². The Balaban J connectivity index is 1.84. The van der Waals surface area contributed by atoms with Gasteiger partial charge < -0.3 is 11.1 Å². The van der Waals surface area contributed by atoms with Crippen molar-refractivity contribution in [1.29, 1.82) is 0 Å². The molecule has 1 heterocycles. The second-order valence-corrected chi connectivity index (χ2v) is 8.26. The second kappa shape index (κ2) is 7.43. The van der Waals surface area contributed by atoms with Gasteiger partial charge in [-0.15, -0.1) is 0 Å². The molecule has 3 rings (SSSR count). The maximum absolute atomic E-state index is 12.9. The zero-order valence-electron chi connectivity index (χ0n) is 16.4. The summed E-state index contributed by atoms with van der Waals surface area (Å²) < 4.78 is 0. The van der Waals surface area contributed by atoms with E-state index in [2.05, 4.69) is 5.32 Å². The van der Waals surface area contributed by atoms with E-state index >= 15 is 0 Å². The Labute approximate surface area is 160 Å². The number of nitrogens with one attached hydrogen (secondary N) is 1. The van der Waals surface area contributed by atoms with E-state index < -0.39 is 5.54 Å². The van der Waals surface area contributed by atoms with Crippen LogP contribution in [0.2, 0.25) is 0 Å². The van der Waals surface area contributed by atoms with Gasteiger partial charge in [-0.1, -0.05) is 33.1 Å². The minimum atomic E-state index is -0.538. The number of carbonyl (C=O) groups is 3. The van der Waals surface area contributed by atoms with Crippen LogP contribution in [0.1, 0.15) is 83.9 Å². The molecule has 146 valence electrons. The molecule has 1 unspecified atom stereocenters. The third kappa shape index (κ3) is 3.50. The first-order valence-corrected chi connectivity index (χ1v) is 9.83. The third-order valence-electron chi connectivity index (χ3n) is 6.22. The van der Waals surface area contributed by atoms with E-state index in [4.69, 9.17) is 5.73 Å². The highest BCUT2D eigenvalue weighted by Crippen LogP contribution is 2.31. The maximum Gasteiger partial charge on any atom is 0.261 e. The molecule has 27 heavy (non-hydrogen) atoms. The number of benzene rings is 1. The number of hydrogen-bond donors (Lipinski definition) is 2. The summed E-state index contributed by atoms with van der Waals surface area (Å²) in [6.07, 6.45) is 4.96. The molecule has 0 bridgehead atoms. The molecule has 6 heteroatoms. The van der Waals surface area contributed by atoms with Gasteiger partial charge in [0.1, 0.15) is 0 Å². The number of nitrogens with zero attached hydrogens (tertiary/aromatic N) is 1. The fraction of sp³-hybridized carbons (Fsp3) is 0.571. The zero-order valence-corrected chi connectivity index (χ0v) is 16.4. The van der Waals surface area contributed by atoms with E-state index in [1.54, 1.807) is 18.2 Å². The lowest BCUT2D eigenvalue weighted by Gasteiger charge is -2.33. The van der Waals surface area contributed by atoms with Crippen molar-refractivity contribution in [2.75, 3.05) is 6.54 Å². The summed E-state index contributed by atoms with van der Waals surface area (Å²) in [5, 5.41) is 2.98. The van der Waals surface area contributed by atoms with Crippen molar-refractivity contribution in [3.8, 4) is 0 Å². The van der Waals surface area contributed by atoms with Gasteiger partial charge in [-0.05, 0) is 43.9 Å². The van der Waals surface area contributed by atoms with Gasteiger partial charge >= 0.3 is 0 Å². The van der Waals surface area contributed by atoms with Crippen LogP contribution in [0.4, 0.5) is 0 Å². The zero-order chi connectivity index (χ0) is 19.8. The third-order valence-corrected chi connectivity index (χ3v) is 6.22. The molecule has 0 radical (unpaired) electrons. The molecule has 1 saturated carbocycles. The Morgan fingerprint density at radius 1 is 1.19 bits per heavy atom. The number of imide groups is 1. The number of nitrogens with two attached hydrogens (primary N) is 1. The van der Waals surface area contributed by atoms with Crippen molar-refractivity contribution < 1.29 is 14.4 Å². The maximum atomic E-state index is 12.9. The summed E-state index contributed by atoms with van der Waals surface area (Å²) in [6, 6.07) is 4.74. The van der Waals surface area contributed by atoms with Crippen LogP contribution in [0.5, 0.6) is 0 Å². The summed E-state index contributed by atoms with van der Waals surface area (Å²) >= 11 is 0. The first kappa shape index (κ1) is 19.5. The van der Waals surface area contributed by atoms with Crippen LogP contribution in [0, 0.1) is 5.92 Å². The van der Waals surface area contributed by atoms with Crippen molar-refractivity contribution in [2.45, 2.75) is 64.5 Å². The predicted molar refractivity (Wildman–Crippen MR) is 104 cm³/mol. The van der Waals surface area contributed by atoms with E-state index in [0.29, 0.717) is 23.2 Å². The highest BCUT2D eigenvalue weighted by Gasteiger charge is 2.40. The molecule has 0 saturated heterocycles. The second-order valence-electron chi connectivity index (χ2n) is 8.26. The van der Waals surface area contributed by atoms with Gasteiger partial charge in [-0.3, -0.25) is 19.3 Å². The molecule has 6 nitrogen and oxygen atoms in total. The van der Waals surface area contributed by atoms with E-state index in [0.717, 1.165) is 32.1 Å². The normalized spacial score (nSPS) is 20.0. The quantitative estimate of drug-likeness (QED) is 0.779. The molecular formula is C21H29N3O3. The molecule has 3 amide bonds. The molecule has 2 aliphatic rings. The average Bonchev–Trinajstić information content (AvgIpc) is 2.92. The van der Waals surface area contributed by atoms with Gasteiger partial charge in [-0.2, -0.15) is 0 Å². The van der Waals surface area contributed by atoms with E-state index in [-0.39, 0.29) is 29.7 Å². The van der Waals surface area contributed by atoms with Crippen LogP contribution in [0.3, 0.4) is 0 Å². The highest BCUT2D eigenvalue weighted by molar-refractivity contribution is 6.22. The average molecular weight is 371 g/mol. The van der Waals surface area contributed by atoms with Crippen LogP contribution >= 0.6 is 0 Å². The largest absolute Gasteiger partial charge is 0.345 e. The number of amides is 3. The van der Waals surface area contributed by atoms with Gasteiger partial charge in [0.25, 0.3) is 17.7 Å². The molecule has 1 atom stereocenters. The Hall–Kier alpha value is -2.21. The first-order valence-electron chi connectivity index (χ1n) is 9.83. The fourth-order valence-corrected chi connectivity index (χ4v) is 3.83. The summed E-state index contributed by atoms with van der Waals surface area (Å²) in [5.74, 6) is -0.633. The standard InChI is InChI=1S/C21H29N3O3/c1-13(2)21(3,12-22)23-18(25)14-9-10-16-17(11-14)20(27)24(19(16)26)15-7-5-4-6-8-15/h9-11,13,15H,4-8,12,22H2,1-3H3,(H,23,25). The molecule has 1 aliphatic heterocycles. The minimum absolute atomic E-state index is 0.0232. The smallest absolute Gasteiger partial charge is 0.261 e. The number of hydrogen-bond acceptors (Lipinski definition) is 4. The molecule has 1 aromatic rings. The van der Waals surface area contributed by atoms with Crippen molar-refractivity contribution in [3.63, 3.8) is 0 Å². The number of fused-ring (bicyclic) bond motifs is 1. The Kier molecular flexibility index (Phi) is 5.38. The van der Waals surface area contributed by atoms with Gasteiger partial charge in [0, 0.05) is 18.2 Å². The SMILES string of the molecule is CC(C)C(C)(CN)NC(=O)c1ccc2c(c1)C(=O)N(C1CCCCC1)C2=O. The number of rotatable bonds is 5. The van der Waals surface area contributed by atoms with Crippen molar-refractivity contribution >= 4 is 17.7 Å². The molecule has 0 aromatic heterocycles. The Morgan fingerprint density at radius 2 is 1.81 bits per heavy atom. The van der Waals surface area contributed by atoms with Crippen molar-refractivity contribution in [3.05, 3.63) is 34.9 Å². The van der Waals surface area contributed by atoms with Crippen LogP contribution in [0.15, 0.2) is 18.2 Å². The van der Waals surface area contributed by atoms with Crippen LogP contribution in [-0.4, -0.2) is 40.7 Å². The van der Waals surface area contributed by atoms with Gasteiger partial charge in [-0.25, -0.2) is 0 Å². The number of carbonyl (C=O) groups excluding carboxylic acids is 3. The lowest BCUT2D eigenvalue weighted by molar-refractivity contribution is 0.0548. The lowest BCUT2D eigenvalue weighted by atomic mass is 9.88. The molecule has 1 aliphatic carbocycles. The minimum Gasteiger partial charge on any atom is -0.345 e. The molecule has 0 spiro atoms. The van der Waals surface area contributed by atoms with Crippen molar-refractivity contribution in [1.82, 2.24) is 10.2 Å². The Morgan fingerprint density at radius 3 is 2.41 bits per heavy atom. The van der Waals surface area contributed by atoms with E-state index in [1.165, 1.54) is 4.90 Å². The van der Waals surface area contributed by atoms with Crippen molar-refractivity contribution in [2.24, 2.45) is 11.7 Å². The van der Waals surface area contributed by atoms with E-state index in [1.807, 2.05) is 20.8 Å².